The number of nitrogens with zero attached hydrogens (tertiary/aromatic N) is 2. The summed E-state index contributed by atoms with van der Waals surface area (Å²) >= 11 is 0. The predicted molar refractivity (Wildman–Crippen MR) is 100 cm³/mol. The zero-order valence-corrected chi connectivity index (χ0v) is 16.2. The standard InChI is InChI=1S/C20H27N3O4/c1-4-15-7-5-6-12-22(15)17(24)13-23-18(25)20(2,21-19(23)26)14-8-10-16(27-3)11-9-14/h8-11,15H,4-7,12-13H2,1-3H3,(H,21,26). The lowest BCUT2D eigenvalue weighted by Crippen LogP contribution is -2.49. The first-order valence-electron chi connectivity index (χ1n) is 9.48. The fourth-order valence-electron chi connectivity index (χ4n) is 3.94. The smallest absolute Gasteiger partial charge is 0.325 e. The molecule has 27 heavy (non-hydrogen) atoms. The topological polar surface area (TPSA) is 79.0 Å². The molecule has 0 aromatic heterocycles. The van der Waals surface area contributed by atoms with Crippen molar-refractivity contribution in [2.24, 2.45) is 0 Å². The molecule has 7 heteroatoms. The first kappa shape index (κ1) is 19.2. The Labute approximate surface area is 159 Å². The van der Waals surface area contributed by atoms with E-state index in [1.54, 1.807) is 38.3 Å². The Balaban J connectivity index is 1.76. The number of ether oxygens (including phenoxy) is 1. The second-order valence-electron chi connectivity index (χ2n) is 7.32. The van der Waals surface area contributed by atoms with Crippen LogP contribution in [0.25, 0.3) is 0 Å². The summed E-state index contributed by atoms with van der Waals surface area (Å²) in [4.78, 5) is 41.1. The molecular formula is C20H27N3O4. The van der Waals surface area contributed by atoms with Gasteiger partial charge in [-0.1, -0.05) is 19.1 Å². The molecule has 146 valence electrons. The van der Waals surface area contributed by atoms with E-state index >= 15 is 0 Å². The number of hydrogen-bond acceptors (Lipinski definition) is 4. The molecule has 0 saturated carbocycles. The Morgan fingerprint density at radius 1 is 1.26 bits per heavy atom. The molecule has 2 unspecified atom stereocenters. The minimum Gasteiger partial charge on any atom is -0.497 e. The van der Waals surface area contributed by atoms with Crippen LogP contribution in [0.2, 0.25) is 0 Å². The number of hydrogen-bond donors (Lipinski definition) is 1. The lowest BCUT2D eigenvalue weighted by molar-refractivity contribution is -0.141. The zero-order chi connectivity index (χ0) is 19.6. The largest absolute Gasteiger partial charge is 0.497 e. The van der Waals surface area contributed by atoms with E-state index in [-0.39, 0.29) is 18.5 Å². The third kappa shape index (κ3) is 3.50. The van der Waals surface area contributed by atoms with E-state index in [9.17, 15) is 14.4 Å². The molecule has 2 atom stereocenters. The third-order valence-corrected chi connectivity index (χ3v) is 5.65. The summed E-state index contributed by atoms with van der Waals surface area (Å²) in [5.74, 6) is 0.0990. The quantitative estimate of drug-likeness (QED) is 0.803. The van der Waals surface area contributed by atoms with Crippen molar-refractivity contribution in [2.45, 2.75) is 51.1 Å². The van der Waals surface area contributed by atoms with Gasteiger partial charge in [0.2, 0.25) is 5.91 Å². The van der Waals surface area contributed by atoms with Gasteiger partial charge in [0.05, 0.1) is 7.11 Å². The van der Waals surface area contributed by atoms with Crippen molar-refractivity contribution in [3.63, 3.8) is 0 Å². The summed E-state index contributed by atoms with van der Waals surface area (Å²) < 4.78 is 5.14. The van der Waals surface area contributed by atoms with Crippen LogP contribution in [0.15, 0.2) is 24.3 Å². The van der Waals surface area contributed by atoms with Gasteiger partial charge in [0, 0.05) is 12.6 Å². The fraction of sp³-hybridized carbons (Fsp3) is 0.550. The SMILES string of the molecule is CCC1CCCCN1C(=O)CN1C(=O)NC(C)(c2ccc(OC)cc2)C1=O. The molecule has 0 aliphatic carbocycles. The summed E-state index contributed by atoms with van der Waals surface area (Å²) in [5, 5.41) is 2.74. The van der Waals surface area contributed by atoms with Crippen molar-refractivity contribution in [3.8, 4) is 5.75 Å². The first-order valence-corrected chi connectivity index (χ1v) is 9.48. The summed E-state index contributed by atoms with van der Waals surface area (Å²) in [6.45, 7) is 4.20. The van der Waals surface area contributed by atoms with E-state index in [4.69, 9.17) is 4.74 Å². The maximum Gasteiger partial charge on any atom is 0.325 e. The van der Waals surface area contributed by atoms with Crippen molar-refractivity contribution >= 4 is 17.8 Å². The molecule has 0 spiro atoms. The van der Waals surface area contributed by atoms with Gasteiger partial charge in [0.25, 0.3) is 5.91 Å². The maximum absolute atomic E-state index is 13.0. The Hall–Kier alpha value is -2.57. The number of carbonyl (C=O) groups is 3. The average Bonchev–Trinajstić information content (AvgIpc) is 2.91. The number of amides is 4. The van der Waals surface area contributed by atoms with Gasteiger partial charge in [-0.3, -0.25) is 14.5 Å². The number of urea groups is 1. The van der Waals surface area contributed by atoms with Crippen LogP contribution in [0.4, 0.5) is 4.79 Å². The van der Waals surface area contributed by atoms with E-state index < -0.39 is 17.5 Å². The highest BCUT2D eigenvalue weighted by Crippen LogP contribution is 2.30. The number of benzene rings is 1. The highest BCUT2D eigenvalue weighted by atomic mass is 16.5. The van der Waals surface area contributed by atoms with Gasteiger partial charge >= 0.3 is 6.03 Å². The molecule has 1 aromatic carbocycles. The molecule has 1 aromatic rings. The molecule has 3 rings (SSSR count). The minimum atomic E-state index is -1.18. The molecule has 0 bridgehead atoms. The molecule has 0 radical (unpaired) electrons. The molecule has 2 aliphatic rings. The Bertz CT molecular complexity index is 733. The Morgan fingerprint density at radius 3 is 2.59 bits per heavy atom. The van der Waals surface area contributed by atoms with Crippen LogP contribution in [0.5, 0.6) is 5.75 Å². The van der Waals surface area contributed by atoms with Crippen molar-refractivity contribution in [1.82, 2.24) is 15.1 Å². The van der Waals surface area contributed by atoms with Gasteiger partial charge in [-0.25, -0.2) is 4.79 Å². The molecule has 2 saturated heterocycles. The van der Waals surface area contributed by atoms with Crippen molar-refractivity contribution in [1.29, 1.82) is 0 Å². The molecule has 2 fully saturated rings. The van der Waals surface area contributed by atoms with Crippen molar-refractivity contribution in [2.75, 3.05) is 20.2 Å². The molecule has 1 N–H and O–H groups in total. The van der Waals surface area contributed by atoms with Crippen molar-refractivity contribution < 1.29 is 19.1 Å². The van der Waals surface area contributed by atoms with Gasteiger partial charge in [0.1, 0.15) is 17.8 Å². The van der Waals surface area contributed by atoms with Crippen molar-refractivity contribution in [3.05, 3.63) is 29.8 Å². The van der Waals surface area contributed by atoms with E-state index in [0.717, 1.165) is 30.6 Å². The minimum absolute atomic E-state index is 0.163. The van der Waals surface area contributed by atoms with E-state index in [2.05, 4.69) is 12.2 Å². The molecule has 4 amide bonds. The summed E-state index contributed by atoms with van der Waals surface area (Å²) in [7, 11) is 1.57. The predicted octanol–water partition coefficient (Wildman–Crippen LogP) is 2.25. The fourth-order valence-corrected chi connectivity index (χ4v) is 3.94. The monoisotopic (exact) mass is 373 g/mol. The van der Waals surface area contributed by atoms with E-state index in [0.29, 0.717) is 17.9 Å². The Morgan fingerprint density at radius 2 is 1.96 bits per heavy atom. The Kier molecular flexibility index (Phi) is 5.39. The van der Waals surface area contributed by atoms with Gasteiger partial charge < -0.3 is 15.0 Å². The first-order chi connectivity index (χ1) is 12.9. The van der Waals surface area contributed by atoms with Gasteiger partial charge in [-0.2, -0.15) is 0 Å². The van der Waals surface area contributed by atoms with Crippen LogP contribution in [-0.4, -0.2) is 53.9 Å². The van der Waals surface area contributed by atoms with Crippen LogP contribution in [-0.2, 0) is 15.1 Å². The second kappa shape index (κ2) is 7.58. The van der Waals surface area contributed by atoms with Gasteiger partial charge in [-0.15, -0.1) is 0 Å². The van der Waals surface area contributed by atoms with E-state index in [1.165, 1.54) is 0 Å². The van der Waals surface area contributed by atoms with Crippen LogP contribution >= 0.6 is 0 Å². The normalized spacial score (nSPS) is 25.5. The highest BCUT2D eigenvalue weighted by molar-refractivity contribution is 6.09. The molecule has 2 aliphatic heterocycles. The van der Waals surface area contributed by atoms with Crippen LogP contribution in [0.3, 0.4) is 0 Å². The van der Waals surface area contributed by atoms with Crippen LogP contribution in [0, 0.1) is 0 Å². The van der Waals surface area contributed by atoms with Crippen LogP contribution < -0.4 is 10.1 Å². The molecule has 7 nitrogen and oxygen atoms in total. The number of likely N-dealkylation sites (tertiary alicyclic amines) is 1. The summed E-state index contributed by atoms with van der Waals surface area (Å²) in [5.41, 5.74) is -0.531. The number of rotatable bonds is 5. The summed E-state index contributed by atoms with van der Waals surface area (Å²) in [6.07, 6.45) is 3.94. The maximum atomic E-state index is 13.0. The van der Waals surface area contributed by atoms with Crippen LogP contribution in [0.1, 0.15) is 45.1 Å². The number of nitrogens with one attached hydrogen (secondary N) is 1. The number of imide groups is 1. The van der Waals surface area contributed by atoms with Gasteiger partial charge in [0.15, 0.2) is 0 Å². The van der Waals surface area contributed by atoms with E-state index in [1.807, 2.05) is 4.90 Å². The average molecular weight is 373 g/mol. The zero-order valence-electron chi connectivity index (χ0n) is 16.2. The third-order valence-electron chi connectivity index (χ3n) is 5.65. The van der Waals surface area contributed by atoms with Gasteiger partial charge in [-0.05, 0) is 50.3 Å². The molecular weight excluding hydrogens is 346 g/mol. The number of methoxy groups -OCH3 is 1. The second-order valence-corrected chi connectivity index (χ2v) is 7.32. The summed E-state index contributed by atoms with van der Waals surface area (Å²) in [6, 6.07) is 6.65. The number of piperidine rings is 1. The lowest BCUT2D eigenvalue weighted by Gasteiger charge is -2.36. The highest BCUT2D eigenvalue weighted by Gasteiger charge is 2.49. The lowest BCUT2D eigenvalue weighted by atomic mass is 9.92. The number of carbonyl (C=O) groups excluding carboxylic acids is 3. The molecule has 2 heterocycles.